The first-order valence-corrected chi connectivity index (χ1v) is 8.40. The highest BCUT2D eigenvalue weighted by Gasteiger charge is 2.58. The molecule has 3 fully saturated rings. The summed E-state index contributed by atoms with van der Waals surface area (Å²) in [7, 11) is 0. The van der Waals surface area contributed by atoms with Crippen LogP contribution in [0.15, 0.2) is 12.2 Å². The van der Waals surface area contributed by atoms with Gasteiger partial charge < -0.3 is 10.2 Å². The maximum absolute atomic E-state index is 13.2. The predicted octanol–water partition coefficient (Wildman–Crippen LogP) is 2.54. The smallest absolute Gasteiger partial charge is 0.249 e. The zero-order chi connectivity index (χ0) is 14.9. The first-order valence-electron chi connectivity index (χ1n) is 8.40. The van der Waals surface area contributed by atoms with Gasteiger partial charge in [-0.15, -0.1) is 0 Å². The zero-order valence-corrected chi connectivity index (χ0v) is 13.0. The van der Waals surface area contributed by atoms with Crippen LogP contribution in [-0.2, 0) is 9.59 Å². The Bertz CT molecular complexity index is 457. The molecule has 1 aliphatic heterocycles. The number of hydrogen-bond donors (Lipinski definition) is 1. The second kappa shape index (κ2) is 5.47. The monoisotopic (exact) mass is 290 g/mol. The fourth-order valence-electron chi connectivity index (χ4n) is 4.38. The summed E-state index contributed by atoms with van der Waals surface area (Å²) in [6, 6.07) is 0. The van der Waals surface area contributed by atoms with E-state index in [0.717, 1.165) is 51.4 Å². The molecule has 0 bridgehead atoms. The molecule has 0 aromatic heterocycles. The van der Waals surface area contributed by atoms with Crippen LogP contribution in [0.3, 0.4) is 0 Å². The van der Waals surface area contributed by atoms with Crippen molar-refractivity contribution < 1.29 is 9.59 Å². The topological polar surface area (TPSA) is 49.4 Å². The van der Waals surface area contributed by atoms with Crippen molar-refractivity contribution in [2.45, 2.75) is 75.8 Å². The van der Waals surface area contributed by atoms with E-state index in [1.807, 2.05) is 24.0 Å². The Morgan fingerprint density at radius 2 is 1.67 bits per heavy atom. The lowest BCUT2D eigenvalue weighted by Crippen LogP contribution is -2.75. The zero-order valence-electron chi connectivity index (χ0n) is 13.0. The fourth-order valence-corrected chi connectivity index (χ4v) is 4.38. The van der Waals surface area contributed by atoms with Crippen molar-refractivity contribution in [1.82, 2.24) is 10.2 Å². The third-order valence-corrected chi connectivity index (χ3v) is 5.61. The number of carbonyl (C=O) groups is 2. The van der Waals surface area contributed by atoms with Crippen LogP contribution in [0.1, 0.15) is 64.7 Å². The standard InChI is InChI=1S/C17H26N2O2/c1-2-3-13-19-15(21)16(9-5-4-6-10-16)18-14(20)17(19)11-7-8-12-17/h2-3H,4-13H2,1H3,(H,18,20)/b3-2+. The van der Waals surface area contributed by atoms with Crippen molar-refractivity contribution in [1.29, 1.82) is 0 Å². The van der Waals surface area contributed by atoms with Crippen molar-refractivity contribution >= 4 is 11.8 Å². The van der Waals surface area contributed by atoms with E-state index in [1.54, 1.807) is 0 Å². The summed E-state index contributed by atoms with van der Waals surface area (Å²) >= 11 is 0. The van der Waals surface area contributed by atoms with E-state index in [2.05, 4.69) is 5.32 Å². The van der Waals surface area contributed by atoms with Gasteiger partial charge in [-0.05, 0) is 32.6 Å². The average molecular weight is 290 g/mol. The van der Waals surface area contributed by atoms with Crippen molar-refractivity contribution in [2.24, 2.45) is 0 Å². The third kappa shape index (κ3) is 2.19. The minimum Gasteiger partial charge on any atom is -0.340 e. The number of carbonyl (C=O) groups excluding carboxylic acids is 2. The quantitative estimate of drug-likeness (QED) is 0.795. The molecule has 2 amide bonds. The fraction of sp³-hybridized carbons (Fsp3) is 0.765. The van der Waals surface area contributed by atoms with E-state index >= 15 is 0 Å². The molecule has 21 heavy (non-hydrogen) atoms. The molecule has 116 valence electrons. The number of nitrogens with one attached hydrogen (secondary N) is 1. The Hall–Kier alpha value is -1.32. The Balaban J connectivity index is 1.95. The minimum atomic E-state index is -0.606. The molecule has 0 unspecified atom stereocenters. The second-order valence-electron chi connectivity index (χ2n) is 6.82. The molecule has 2 saturated carbocycles. The highest BCUT2D eigenvalue weighted by atomic mass is 16.2. The highest BCUT2D eigenvalue weighted by molar-refractivity contribution is 6.02. The van der Waals surface area contributed by atoms with E-state index < -0.39 is 11.1 Å². The summed E-state index contributed by atoms with van der Waals surface area (Å²) in [6.45, 7) is 2.54. The van der Waals surface area contributed by atoms with Gasteiger partial charge in [0, 0.05) is 6.54 Å². The maximum Gasteiger partial charge on any atom is 0.249 e. The lowest BCUT2D eigenvalue weighted by molar-refractivity contribution is -0.163. The molecule has 4 nitrogen and oxygen atoms in total. The van der Waals surface area contributed by atoms with Crippen molar-refractivity contribution in [2.75, 3.05) is 6.54 Å². The Morgan fingerprint density at radius 1 is 1.05 bits per heavy atom. The maximum atomic E-state index is 13.2. The Morgan fingerprint density at radius 3 is 2.29 bits per heavy atom. The van der Waals surface area contributed by atoms with E-state index in [-0.39, 0.29) is 11.8 Å². The summed E-state index contributed by atoms with van der Waals surface area (Å²) in [5.41, 5.74) is -1.18. The summed E-state index contributed by atoms with van der Waals surface area (Å²) in [6.07, 6.45) is 12.6. The van der Waals surface area contributed by atoms with Gasteiger partial charge in [-0.25, -0.2) is 0 Å². The van der Waals surface area contributed by atoms with Crippen LogP contribution in [0.5, 0.6) is 0 Å². The number of hydrogen-bond acceptors (Lipinski definition) is 2. The van der Waals surface area contributed by atoms with E-state index in [4.69, 9.17) is 0 Å². The lowest BCUT2D eigenvalue weighted by Gasteiger charge is -2.52. The second-order valence-corrected chi connectivity index (χ2v) is 6.82. The number of allylic oxidation sites excluding steroid dienone is 1. The van der Waals surface area contributed by atoms with Crippen LogP contribution in [-0.4, -0.2) is 34.3 Å². The summed E-state index contributed by atoms with van der Waals surface area (Å²) in [5.74, 6) is 0.271. The molecule has 4 heteroatoms. The van der Waals surface area contributed by atoms with Crippen LogP contribution in [0, 0.1) is 0 Å². The molecule has 1 heterocycles. The van der Waals surface area contributed by atoms with Crippen LogP contribution in [0.4, 0.5) is 0 Å². The predicted molar refractivity (Wildman–Crippen MR) is 81.7 cm³/mol. The molecule has 0 atom stereocenters. The molecule has 1 saturated heterocycles. The molecular weight excluding hydrogens is 264 g/mol. The normalized spacial score (nSPS) is 27.8. The first-order chi connectivity index (χ1) is 10.1. The first kappa shape index (κ1) is 14.6. The van der Waals surface area contributed by atoms with Gasteiger partial charge in [-0.1, -0.05) is 44.3 Å². The van der Waals surface area contributed by atoms with Gasteiger partial charge in [-0.3, -0.25) is 9.59 Å². The molecule has 1 N–H and O–H groups in total. The number of nitrogens with zero attached hydrogens (tertiary/aromatic N) is 1. The largest absolute Gasteiger partial charge is 0.340 e. The van der Waals surface area contributed by atoms with Crippen LogP contribution >= 0.6 is 0 Å². The Kier molecular flexibility index (Phi) is 3.80. The molecule has 3 aliphatic rings. The molecule has 0 aromatic rings. The molecule has 2 spiro atoms. The highest BCUT2D eigenvalue weighted by Crippen LogP contribution is 2.43. The molecule has 0 aromatic carbocycles. The van der Waals surface area contributed by atoms with Crippen LogP contribution < -0.4 is 5.32 Å². The number of amides is 2. The van der Waals surface area contributed by atoms with E-state index in [9.17, 15) is 9.59 Å². The molecule has 0 radical (unpaired) electrons. The lowest BCUT2D eigenvalue weighted by atomic mass is 9.75. The summed E-state index contributed by atoms with van der Waals surface area (Å²) in [4.78, 5) is 28.0. The van der Waals surface area contributed by atoms with Crippen molar-refractivity contribution in [3.05, 3.63) is 12.2 Å². The van der Waals surface area contributed by atoms with Crippen LogP contribution in [0.2, 0.25) is 0 Å². The van der Waals surface area contributed by atoms with Crippen molar-refractivity contribution in [3.8, 4) is 0 Å². The van der Waals surface area contributed by atoms with Crippen LogP contribution in [0.25, 0.3) is 0 Å². The summed E-state index contributed by atoms with van der Waals surface area (Å²) in [5, 5.41) is 3.17. The van der Waals surface area contributed by atoms with Gasteiger partial charge in [0.15, 0.2) is 0 Å². The molecular formula is C17H26N2O2. The van der Waals surface area contributed by atoms with Gasteiger partial charge in [0.2, 0.25) is 11.8 Å². The van der Waals surface area contributed by atoms with E-state index in [1.165, 1.54) is 6.42 Å². The third-order valence-electron chi connectivity index (χ3n) is 5.61. The number of piperazine rings is 1. The van der Waals surface area contributed by atoms with Gasteiger partial charge in [0.1, 0.15) is 11.1 Å². The van der Waals surface area contributed by atoms with Gasteiger partial charge in [0.25, 0.3) is 0 Å². The molecule has 3 rings (SSSR count). The average Bonchev–Trinajstić information content (AvgIpc) is 2.98. The SMILES string of the molecule is C/C=C/CN1C(=O)C2(CCCCC2)NC(=O)C12CCCC2. The molecule has 2 aliphatic carbocycles. The number of rotatable bonds is 2. The van der Waals surface area contributed by atoms with Gasteiger partial charge in [0.05, 0.1) is 0 Å². The van der Waals surface area contributed by atoms with E-state index in [0.29, 0.717) is 6.54 Å². The summed E-state index contributed by atoms with van der Waals surface area (Å²) < 4.78 is 0. The van der Waals surface area contributed by atoms with Gasteiger partial charge in [-0.2, -0.15) is 0 Å². The minimum absolute atomic E-state index is 0.103. The Labute approximate surface area is 127 Å². The van der Waals surface area contributed by atoms with Gasteiger partial charge >= 0.3 is 0 Å². The van der Waals surface area contributed by atoms with Crippen molar-refractivity contribution in [3.63, 3.8) is 0 Å².